The first-order valence-electron chi connectivity index (χ1n) is 6.79. The number of anilines is 2. The van der Waals surface area contributed by atoms with Gasteiger partial charge in [-0.2, -0.15) is 0 Å². The highest BCUT2D eigenvalue weighted by Gasteiger charge is 2.22. The van der Waals surface area contributed by atoms with E-state index >= 15 is 0 Å². The van der Waals surface area contributed by atoms with Crippen LogP contribution in [-0.4, -0.2) is 6.98 Å². The Bertz CT molecular complexity index is 525. The summed E-state index contributed by atoms with van der Waals surface area (Å²) in [6.45, 7) is 4.91. The Hall–Kier alpha value is -1.64. The lowest BCUT2D eigenvalue weighted by atomic mass is 9.67. The zero-order valence-electron chi connectivity index (χ0n) is 11.0. The molecule has 1 aliphatic rings. The van der Waals surface area contributed by atoms with E-state index in [4.69, 9.17) is 0 Å². The van der Waals surface area contributed by atoms with Gasteiger partial charge in [-0.25, -0.2) is 0 Å². The van der Waals surface area contributed by atoms with Crippen LogP contribution in [0.5, 0.6) is 0 Å². The topological polar surface area (TPSA) is 24.1 Å². The summed E-state index contributed by atoms with van der Waals surface area (Å²) in [5.74, 6) is 0.751. The van der Waals surface area contributed by atoms with Gasteiger partial charge >= 0.3 is 6.98 Å². The molecule has 0 atom stereocenters. The van der Waals surface area contributed by atoms with Gasteiger partial charge in [0.1, 0.15) is 0 Å². The van der Waals surface area contributed by atoms with Crippen LogP contribution in [0.1, 0.15) is 20.3 Å². The molecule has 2 aromatic rings. The average molecular weight is 238 g/mol. The number of rotatable bonds is 3. The van der Waals surface area contributed by atoms with Crippen molar-refractivity contribution < 1.29 is 0 Å². The molecule has 2 aromatic carbocycles. The van der Waals surface area contributed by atoms with E-state index in [-0.39, 0.29) is 0 Å². The third-order valence-electron chi connectivity index (χ3n) is 3.60. The molecule has 0 saturated heterocycles. The van der Waals surface area contributed by atoms with Crippen molar-refractivity contribution in [2.24, 2.45) is 5.92 Å². The Kier molecular flexibility index (Phi) is 2.90. The van der Waals surface area contributed by atoms with Crippen LogP contribution in [0.25, 0.3) is 10.8 Å². The van der Waals surface area contributed by atoms with E-state index in [1.807, 2.05) is 0 Å². The van der Waals surface area contributed by atoms with Crippen LogP contribution in [0.15, 0.2) is 36.4 Å². The smallest absolute Gasteiger partial charge is 0.370 e. The molecule has 0 unspecified atom stereocenters. The number of hydrogen-bond donors (Lipinski definition) is 2. The summed E-state index contributed by atoms with van der Waals surface area (Å²) >= 11 is 0. The van der Waals surface area contributed by atoms with Gasteiger partial charge in [-0.05, 0) is 29.8 Å². The predicted octanol–water partition coefficient (Wildman–Crippen LogP) is 4.21. The highest BCUT2D eigenvalue weighted by molar-refractivity contribution is 6.67. The quantitative estimate of drug-likeness (QED) is 0.782. The monoisotopic (exact) mass is 238 g/mol. The van der Waals surface area contributed by atoms with Gasteiger partial charge < -0.3 is 10.5 Å². The highest BCUT2D eigenvalue weighted by atomic mass is 15.0. The summed E-state index contributed by atoms with van der Waals surface area (Å²) in [5, 5.41) is 9.83. The van der Waals surface area contributed by atoms with Gasteiger partial charge in [-0.3, -0.25) is 0 Å². The molecule has 0 saturated carbocycles. The van der Waals surface area contributed by atoms with Gasteiger partial charge in [0, 0.05) is 16.8 Å². The van der Waals surface area contributed by atoms with Gasteiger partial charge in [-0.1, -0.05) is 44.5 Å². The molecule has 2 nitrogen and oxygen atoms in total. The third kappa shape index (κ3) is 2.05. The van der Waals surface area contributed by atoms with Crippen LogP contribution >= 0.6 is 0 Å². The molecule has 1 heterocycles. The van der Waals surface area contributed by atoms with E-state index in [1.54, 1.807) is 0 Å². The summed E-state index contributed by atoms with van der Waals surface area (Å²) in [6, 6.07) is 12.9. The van der Waals surface area contributed by atoms with Crippen molar-refractivity contribution in [3.63, 3.8) is 0 Å². The molecular formula is C15H19BN2. The summed E-state index contributed by atoms with van der Waals surface area (Å²) in [7, 11) is 0. The Morgan fingerprint density at radius 1 is 1.00 bits per heavy atom. The molecule has 0 spiro atoms. The van der Waals surface area contributed by atoms with Crippen molar-refractivity contribution in [3.05, 3.63) is 36.4 Å². The maximum Gasteiger partial charge on any atom is 0.370 e. The first-order valence-corrected chi connectivity index (χ1v) is 6.79. The fraction of sp³-hybridized carbons (Fsp3) is 0.333. The van der Waals surface area contributed by atoms with Crippen LogP contribution in [-0.2, 0) is 0 Å². The van der Waals surface area contributed by atoms with Crippen LogP contribution < -0.4 is 10.5 Å². The normalized spacial score (nSPS) is 13.6. The molecule has 0 aliphatic carbocycles. The summed E-state index contributed by atoms with van der Waals surface area (Å²) in [6.07, 6.45) is 2.39. The lowest BCUT2D eigenvalue weighted by molar-refractivity contribution is 0.622. The van der Waals surface area contributed by atoms with E-state index in [2.05, 4.69) is 60.7 Å². The van der Waals surface area contributed by atoms with E-state index in [9.17, 15) is 0 Å². The second-order valence-corrected chi connectivity index (χ2v) is 5.52. The molecule has 0 aromatic heterocycles. The molecule has 18 heavy (non-hydrogen) atoms. The molecule has 0 radical (unpaired) electrons. The maximum atomic E-state index is 3.61. The molecule has 0 fully saturated rings. The lowest BCUT2D eigenvalue weighted by Gasteiger charge is -2.27. The van der Waals surface area contributed by atoms with E-state index in [0.717, 1.165) is 12.2 Å². The Balaban J connectivity index is 1.91. The van der Waals surface area contributed by atoms with Crippen molar-refractivity contribution >= 4 is 29.1 Å². The Morgan fingerprint density at radius 3 is 2.17 bits per heavy atom. The highest BCUT2D eigenvalue weighted by Crippen LogP contribution is 2.34. The second kappa shape index (κ2) is 4.56. The van der Waals surface area contributed by atoms with Crippen LogP contribution in [0, 0.1) is 5.92 Å². The van der Waals surface area contributed by atoms with Crippen LogP contribution in [0.4, 0.5) is 11.4 Å². The molecule has 92 valence electrons. The fourth-order valence-corrected chi connectivity index (χ4v) is 2.64. The third-order valence-corrected chi connectivity index (χ3v) is 3.60. The van der Waals surface area contributed by atoms with Crippen molar-refractivity contribution in [2.45, 2.75) is 26.6 Å². The summed E-state index contributed by atoms with van der Waals surface area (Å²) < 4.78 is 0. The maximum absolute atomic E-state index is 3.61. The largest absolute Gasteiger partial charge is 0.409 e. The predicted molar refractivity (Wildman–Crippen MR) is 81.2 cm³/mol. The van der Waals surface area contributed by atoms with E-state index in [1.165, 1.54) is 28.6 Å². The summed E-state index contributed by atoms with van der Waals surface area (Å²) in [4.78, 5) is 0. The minimum atomic E-state index is 0.355. The Morgan fingerprint density at radius 2 is 1.61 bits per heavy atom. The van der Waals surface area contributed by atoms with E-state index < -0.39 is 0 Å². The van der Waals surface area contributed by atoms with Crippen LogP contribution in [0.3, 0.4) is 0 Å². The fourth-order valence-electron chi connectivity index (χ4n) is 2.64. The second-order valence-electron chi connectivity index (χ2n) is 5.52. The van der Waals surface area contributed by atoms with Crippen molar-refractivity contribution in [3.8, 4) is 0 Å². The zero-order chi connectivity index (χ0) is 12.5. The first-order chi connectivity index (χ1) is 8.74. The van der Waals surface area contributed by atoms with Crippen molar-refractivity contribution in [1.82, 2.24) is 0 Å². The minimum Gasteiger partial charge on any atom is -0.409 e. The zero-order valence-corrected chi connectivity index (χ0v) is 11.0. The molecular weight excluding hydrogens is 219 g/mol. The number of nitrogens with one attached hydrogen (secondary N) is 2. The van der Waals surface area contributed by atoms with Gasteiger partial charge in [-0.15, -0.1) is 0 Å². The molecule has 3 rings (SSSR count). The van der Waals surface area contributed by atoms with Gasteiger partial charge in [0.25, 0.3) is 0 Å². The average Bonchev–Trinajstić information content (AvgIpc) is 2.37. The van der Waals surface area contributed by atoms with E-state index in [0.29, 0.717) is 6.98 Å². The molecule has 3 heteroatoms. The molecule has 2 N–H and O–H groups in total. The molecule has 1 aliphatic heterocycles. The van der Waals surface area contributed by atoms with Crippen molar-refractivity contribution in [2.75, 3.05) is 10.5 Å². The lowest BCUT2D eigenvalue weighted by Crippen LogP contribution is -2.37. The SMILES string of the molecule is CC(C)CCB1Nc2cccc3cccc(c23)N1. The summed E-state index contributed by atoms with van der Waals surface area (Å²) in [5.41, 5.74) is 2.52. The molecule has 0 amide bonds. The Labute approximate surface area is 109 Å². The number of benzene rings is 2. The number of hydrogen-bond acceptors (Lipinski definition) is 2. The van der Waals surface area contributed by atoms with Gasteiger partial charge in [0.2, 0.25) is 0 Å². The van der Waals surface area contributed by atoms with Crippen LogP contribution in [0.2, 0.25) is 6.32 Å². The standard InChI is InChI=1S/C15H19BN2/c1-11(2)9-10-16-17-13-7-3-5-12-6-4-8-14(18-16)15(12)13/h3-8,11,17-18H,9-10H2,1-2H3. The molecule has 0 bridgehead atoms. The minimum absolute atomic E-state index is 0.355. The van der Waals surface area contributed by atoms with Crippen molar-refractivity contribution in [1.29, 1.82) is 0 Å². The van der Waals surface area contributed by atoms with Gasteiger partial charge in [0.05, 0.1) is 0 Å². The van der Waals surface area contributed by atoms with Gasteiger partial charge in [0.15, 0.2) is 0 Å². The first kappa shape index (κ1) is 11.5.